The average molecular weight is 345 g/mol. The van der Waals surface area contributed by atoms with Crippen molar-refractivity contribution in [3.63, 3.8) is 0 Å². The van der Waals surface area contributed by atoms with Crippen LogP contribution in [0, 0.1) is 12.7 Å². The Kier molecular flexibility index (Phi) is 3.97. The van der Waals surface area contributed by atoms with Gasteiger partial charge in [0.2, 0.25) is 0 Å². The number of nitrogens with one attached hydrogen (secondary N) is 1. The predicted octanol–water partition coefficient (Wildman–Crippen LogP) is 4.70. The Morgan fingerprint density at radius 2 is 1.92 bits per heavy atom. The third-order valence-electron chi connectivity index (χ3n) is 4.18. The summed E-state index contributed by atoms with van der Waals surface area (Å²) in [6, 6.07) is 17.0. The summed E-state index contributed by atoms with van der Waals surface area (Å²) in [6.45, 7) is 2.02. The molecule has 0 fully saturated rings. The van der Waals surface area contributed by atoms with Crippen molar-refractivity contribution in [3.8, 4) is 11.3 Å². The maximum absolute atomic E-state index is 13.3. The zero-order chi connectivity index (χ0) is 18.1. The van der Waals surface area contributed by atoms with E-state index in [1.54, 1.807) is 12.1 Å². The van der Waals surface area contributed by atoms with Gasteiger partial charge in [0.15, 0.2) is 0 Å². The van der Waals surface area contributed by atoms with Crippen LogP contribution in [0.25, 0.3) is 16.9 Å². The molecular weight excluding hydrogens is 329 g/mol. The molecule has 0 aliphatic carbocycles. The second kappa shape index (κ2) is 6.44. The third-order valence-corrected chi connectivity index (χ3v) is 4.18. The number of pyridine rings is 1. The van der Waals surface area contributed by atoms with Crippen molar-refractivity contribution in [3.05, 3.63) is 90.0 Å². The number of aromatic nitrogens is 2. The molecule has 0 spiro atoms. The van der Waals surface area contributed by atoms with Gasteiger partial charge in [-0.15, -0.1) is 0 Å². The Balaban J connectivity index is 1.64. The average Bonchev–Trinajstić information content (AvgIpc) is 3.08. The molecule has 4 aromatic rings. The molecule has 0 bridgehead atoms. The van der Waals surface area contributed by atoms with E-state index in [9.17, 15) is 9.18 Å². The summed E-state index contributed by atoms with van der Waals surface area (Å²) in [5.74, 6) is -0.793. The largest absolute Gasteiger partial charge is 0.322 e. The molecule has 26 heavy (non-hydrogen) atoms. The van der Waals surface area contributed by atoms with Gasteiger partial charge in [-0.3, -0.25) is 4.79 Å². The van der Waals surface area contributed by atoms with E-state index in [4.69, 9.17) is 0 Å². The SMILES string of the molecule is Cc1cccn2cc(-c3cccc(NC(=O)c4cccc(F)c4)c3)nc12. The van der Waals surface area contributed by atoms with Crippen molar-refractivity contribution in [1.29, 1.82) is 0 Å². The van der Waals surface area contributed by atoms with E-state index in [0.717, 1.165) is 22.5 Å². The monoisotopic (exact) mass is 345 g/mol. The first kappa shape index (κ1) is 16.0. The molecule has 4 nitrogen and oxygen atoms in total. The smallest absolute Gasteiger partial charge is 0.255 e. The molecule has 2 heterocycles. The molecule has 0 aliphatic heterocycles. The van der Waals surface area contributed by atoms with E-state index < -0.39 is 5.82 Å². The molecule has 0 atom stereocenters. The molecule has 1 N–H and O–H groups in total. The summed E-state index contributed by atoms with van der Waals surface area (Å²) >= 11 is 0. The first-order chi connectivity index (χ1) is 12.6. The van der Waals surface area contributed by atoms with E-state index in [1.807, 2.05) is 54.0 Å². The summed E-state index contributed by atoms with van der Waals surface area (Å²) in [4.78, 5) is 17.0. The van der Waals surface area contributed by atoms with Gasteiger partial charge in [-0.2, -0.15) is 0 Å². The van der Waals surface area contributed by atoms with Crippen molar-refractivity contribution >= 4 is 17.2 Å². The number of aryl methyl sites for hydroxylation is 1. The molecule has 1 amide bonds. The lowest BCUT2D eigenvalue weighted by Gasteiger charge is -2.06. The minimum atomic E-state index is -0.438. The zero-order valence-electron chi connectivity index (χ0n) is 14.1. The lowest BCUT2D eigenvalue weighted by molar-refractivity contribution is 0.102. The number of rotatable bonds is 3. The molecule has 128 valence electrons. The highest BCUT2D eigenvalue weighted by Gasteiger charge is 2.10. The van der Waals surface area contributed by atoms with Gasteiger partial charge in [-0.05, 0) is 48.9 Å². The fourth-order valence-corrected chi connectivity index (χ4v) is 2.88. The fraction of sp³-hybridized carbons (Fsp3) is 0.0476. The summed E-state index contributed by atoms with van der Waals surface area (Å²) in [5, 5.41) is 2.80. The number of halogens is 1. The lowest BCUT2D eigenvalue weighted by Crippen LogP contribution is -2.12. The van der Waals surface area contributed by atoms with Gasteiger partial charge in [0.1, 0.15) is 11.5 Å². The Hall–Kier alpha value is -3.47. The second-order valence-electron chi connectivity index (χ2n) is 6.09. The normalized spacial score (nSPS) is 10.8. The minimum Gasteiger partial charge on any atom is -0.322 e. The summed E-state index contributed by atoms with van der Waals surface area (Å²) in [5.41, 5.74) is 4.61. The van der Waals surface area contributed by atoms with Crippen LogP contribution in [0.15, 0.2) is 73.1 Å². The van der Waals surface area contributed by atoms with Crippen molar-refractivity contribution in [2.45, 2.75) is 6.92 Å². The molecule has 0 aliphatic rings. The van der Waals surface area contributed by atoms with E-state index in [1.165, 1.54) is 18.2 Å². The summed E-state index contributed by atoms with van der Waals surface area (Å²) < 4.78 is 15.3. The van der Waals surface area contributed by atoms with Crippen LogP contribution in [-0.2, 0) is 0 Å². The Labute approximate surface area is 149 Å². The minimum absolute atomic E-state index is 0.277. The number of anilines is 1. The predicted molar refractivity (Wildman–Crippen MR) is 99.7 cm³/mol. The van der Waals surface area contributed by atoms with E-state index in [0.29, 0.717) is 5.69 Å². The van der Waals surface area contributed by atoms with Crippen molar-refractivity contribution in [2.24, 2.45) is 0 Å². The van der Waals surface area contributed by atoms with Crippen LogP contribution in [0.4, 0.5) is 10.1 Å². The van der Waals surface area contributed by atoms with Gasteiger partial charge in [-0.25, -0.2) is 9.37 Å². The number of carbonyl (C=O) groups excluding carboxylic acids is 1. The van der Waals surface area contributed by atoms with Crippen molar-refractivity contribution in [2.75, 3.05) is 5.32 Å². The number of hydrogen-bond acceptors (Lipinski definition) is 2. The van der Waals surface area contributed by atoms with E-state index >= 15 is 0 Å². The Morgan fingerprint density at radius 1 is 1.08 bits per heavy atom. The number of benzene rings is 2. The third kappa shape index (κ3) is 3.07. The quantitative estimate of drug-likeness (QED) is 0.585. The first-order valence-electron chi connectivity index (χ1n) is 8.22. The van der Waals surface area contributed by atoms with Crippen LogP contribution in [0.5, 0.6) is 0 Å². The number of imidazole rings is 1. The van der Waals surface area contributed by atoms with Gasteiger partial charge in [-0.1, -0.05) is 24.3 Å². The first-order valence-corrected chi connectivity index (χ1v) is 8.22. The highest BCUT2D eigenvalue weighted by atomic mass is 19.1. The molecule has 0 unspecified atom stereocenters. The topological polar surface area (TPSA) is 46.4 Å². The second-order valence-corrected chi connectivity index (χ2v) is 6.09. The number of fused-ring (bicyclic) bond motifs is 1. The summed E-state index contributed by atoms with van der Waals surface area (Å²) in [7, 11) is 0. The van der Waals surface area contributed by atoms with Crippen LogP contribution < -0.4 is 5.32 Å². The molecule has 4 rings (SSSR count). The summed E-state index contributed by atoms with van der Waals surface area (Å²) in [6.07, 6.45) is 3.91. The molecule has 2 aromatic heterocycles. The molecular formula is C21H16FN3O. The molecule has 0 saturated heterocycles. The van der Waals surface area contributed by atoms with Gasteiger partial charge >= 0.3 is 0 Å². The maximum Gasteiger partial charge on any atom is 0.255 e. The number of carbonyl (C=O) groups is 1. The van der Waals surface area contributed by atoms with E-state index in [2.05, 4.69) is 10.3 Å². The van der Waals surface area contributed by atoms with Crippen LogP contribution in [0.1, 0.15) is 15.9 Å². The maximum atomic E-state index is 13.3. The van der Waals surface area contributed by atoms with E-state index in [-0.39, 0.29) is 11.5 Å². The number of hydrogen-bond donors (Lipinski definition) is 1. The van der Waals surface area contributed by atoms with Crippen molar-refractivity contribution in [1.82, 2.24) is 9.38 Å². The standard InChI is InChI=1S/C21H16FN3O/c1-14-5-4-10-25-13-19(24-20(14)25)15-6-3-9-18(12-15)23-21(26)16-7-2-8-17(22)11-16/h2-13H,1H3,(H,23,26). The Morgan fingerprint density at radius 3 is 2.73 bits per heavy atom. The number of nitrogens with zero attached hydrogens (tertiary/aromatic N) is 2. The van der Waals surface area contributed by atoms with Gasteiger partial charge < -0.3 is 9.72 Å². The van der Waals surface area contributed by atoms with Gasteiger partial charge in [0, 0.05) is 29.2 Å². The number of amides is 1. The Bertz CT molecular complexity index is 1120. The molecule has 0 saturated carbocycles. The zero-order valence-corrected chi connectivity index (χ0v) is 14.1. The highest BCUT2D eigenvalue weighted by Crippen LogP contribution is 2.23. The van der Waals surface area contributed by atoms with Crippen LogP contribution in [0.2, 0.25) is 0 Å². The molecule has 5 heteroatoms. The lowest BCUT2D eigenvalue weighted by atomic mass is 10.1. The highest BCUT2D eigenvalue weighted by molar-refractivity contribution is 6.04. The van der Waals surface area contributed by atoms with Crippen LogP contribution in [-0.4, -0.2) is 15.3 Å². The molecule has 2 aromatic carbocycles. The van der Waals surface area contributed by atoms with Gasteiger partial charge in [0.05, 0.1) is 5.69 Å². The van der Waals surface area contributed by atoms with Crippen LogP contribution >= 0.6 is 0 Å². The molecule has 0 radical (unpaired) electrons. The van der Waals surface area contributed by atoms with Gasteiger partial charge in [0.25, 0.3) is 5.91 Å². The van der Waals surface area contributed by atoms with Crippen LogP contribution in [0.3, 0.4) is 0 Å². The fourth-order valence-electron chi connectivity index (χ4n) is 2.88. The van der Waals surface area contributed by atoms with Crippen molar-refractivity contribution < 1.29 is 9.18 Å².